The number of ether oxygens (including phenoxy) is 4. The number of nitrogens with zero attached hydrogens (tertiary/aromatic N) is 5. The zero-order valence-electron chi connectivity index (χ0n) is 21.1. The van der Waals surface area contributed by atoms with Gasteiger partial charge in [0.05, 0.1) is 38.9 Å². The lowest BCUT2D eigenvalue weighted by atomic mass is 10.1. The van der Waals surface area contributed by atoms with Crippen LogP contribution in [-0.2, 0) is 11.3 Å². The van der Waals surface area contributed by atoms with Crippen molar-refractivity contribution < 1.29 is 23.7 Å². The fraction of sp³-hybridized carbons (Fsp3) is 0.269. The van der Waals surface area contributed by atoms with Crippen LogP contribution in [0.3, 0.4) is 0 Å². The molecule has 0 spiro atoms. The lowest BCUT2D eigenvalue weighted by molar-refractivity contribution is 0.0995. The van der Waals surface area contributed by atoms with E-state index in [1.165, 1.54) is 51.0 Å². The Labute approximate surface area is 211 Å². The number of aromatic nitrogens is 3. The number of carbonyl (C=O) groups is 1. The van der Waals surface area contributed by atoms with Gasteiger partial charge in [0.1, 0.15) is 17.4 Å². The molecular formula is C26H25N5O6. The number of methoxy groups -OCH3 is 4. The predicted octanol–water partition coefficient (Wildman–Crippen LogP) is 2.24. The highest BCUT2D eigenvalue weighted by Crippen LogP contribution is 2.38. The second kappa shape index (κ2) is 10.5. The van der Waals surface area contributed by atoms with E-state index in [1.807, 2.05) is 13.0 Å². The molecular weight excluding hydrogens is 478 g/mol. The van der Waals surface area contributed by atoms with Crippen molar-refractivity contribution in [2.45, 2.75) is 13.5 Å². The molecule has 190 valence electrons. The summed E-state index contributed by atoms with van der Waals surface area (Å²) in [4.78, 5) is 35.7. The van der Waals surface area contributed by atoms with Crippen molar-refractivity contribution in [1.29, 1.82) is 5.26 Å². The Morgan fingerprint density at radius 1 is 1.08 bits per heavy atom. The van der Waals surface area contributed by atoms with Gasteiger partial charge in [-0.2, -0.15) is 10.3 Å². The minimum atomic E-state index is -0.657. The molecule has 0 radical (unpaired) electrons. The molecule has 11 nitrogen and oxygen atoms in total. The van der Waals surface area contributed by atoms with Crippen LogP contribution in [0.4, 0.5) is 0 Å². The smallest absolute Gasteiger partial charge is 0.279 e. The number of hydrogen-bond acceptors (Lipinski definition) is 8. The Balaban J connectivity index is 2.06. The number of fused-ring (bicyclic) bond motifs is 2. The summed E-state index contributed by atoms with van der Waals surface area (Å²) < 4.78 is 24.2. The third-order valence-corrected chi connectivity index (χ3v) is 5.86. The molecule has 11 heteroatoms. The van der Waals surface area contributed by atoms with Gasteiger partial charge in [-0.15, -0.1) is 0 Å². The number of rotatable bonds is 7. The highest BCUT2D eigenvalue weighted by Gasteiger charge is 2.19. The summed E-state index contributed by atoms with van der Waals surface area (Å²) in [7, 11) is 5.86. The van der Waals surface area contributed by atoms with Crippen molar-refractivity contribution in [3.8, 4) is 23.3 Å². The summed E-state index contributed by atoms with van der Waals surface area (Å²) in [6, 6.07) is 10.0. The number of nitriles is 1. The topological polar surface area (TPSA) is 129 Å². The first kappa shape index (κ1) is 25.4. The van der Waals surface area contributed by atoms with Gasteiger partial charge in [0.15, 0.2) is 17.0 Å². The van der Waals surface area contributed by atoms with E-state index in [4.69, 9.17) is 23.9 Å². The van der Waals surface area contributed by atoms with Crippen molar-refractivity contribution in [2.24, 2.45) is 4.99 Å². The normalized spacial score (nSPS) is 11.5. The molecule has 4 rings (SSSR count). The van der Waals surface area contributed by atoms with Crippen LogP contribution in [0.2, 0.25) is 0 Å². The molecule has 0 fully saturated rings. The van der Waals surface area contributed by atoms with Gasteiger partial charge in [0.2, 0.25) is 5.75 Å². The molecule has 1 aromatic carbocycles. The molecule has 0 unspecified atom stereocenters. The van der Waals surface area contributed by atoms with Crippen LogP contribution in [0, 0.1) is 18.3 Å². The van der Waals surface area contributed by atoms with Crippen molar-refractivity contribution in [3.63, 3.8) is 0 Å². The summed E-state index contributed by atoms with van der Waals surface area (Å²) in [5.41, 5.74) is 1.43. The maximum atomic E-state index is 13.4. The van der Waals surface area contributed by atoms with Crippen molar-refractivity contribution >= 4 is 22.6 Å². The van der Waals surface area contributed by atoms with E-state index in [0.717, 1.165) is 5.56 Å². The Kier molecular flexibility index (Phi) is 7.22. The number of amides is 1. The summed E-state index contributed by atoms with van der Waals surface area (Å²) in [6.45, 7) is 2.26. The van der Waals surface area contributed by atoms with Gasteiger partial charge in [-0.3, -0.25) is 14.0 Å². The Morgan fingerprint density at radius 2 is 1.78 bits per heavy atom. The second-order valence-corrected chi connectivity index (χ2v) is 8.01. The van der Waals surface area contributed by atoms with Gasteiger partial charge in [0, 0.05) is 25.4 Å². The summed E-state index contributed by atoms with van der Waals surface area (Å²) in [5, 5.41) is 10.2. The molecule has 0 saturated heterocycles. The fourth-order valence-corrected chi connectivity index (χ4v) is 4.05. The number of aryl methyl sites for hydroxylation is 1. The highest BCUT2D eigenvalue weighted by atomic mass is 16.5. The zero-order valence-corrected chi connectivity index (χ0v) is 21.1. The van der Waals surface area contributed by atoms with E-state index >= 15 is 0 Å². The van der Waals surface area contributed by atoms with Gasteiger partial charge in [-0.1, -0.05) is 6.07 Å². The number of pyridine rings is 2. The predicted molar refractivity (Wildman–Crippen MR) is 134 cm³/mol. The average Bonchev–Trinajstić information content (AvgIpc) is 2.91. The van der Waals surface area contributed by atoms with Crippen LogP contribution in [0.5, 0.6) is 17.2 Å². The standard InChI is InChI=1S/C26H25N5O6/c1-15-7-6-8-31-22(15)28-24-18(26(31)33)11-17(14-27)23(30(24)9-10-34-2)29-25(32)16-12-19(35-3)21(37-5)20(13-16)36-4/h6-8,11-13H,9-10H2,1-5H3. The molecule has 0 aliphatic rings. The lowest BCUT2D eigenvalue weighted by Gasteiger charge is -2.14. The van der Waals surface area contributed by atoms with Gasteiger partial charge in [-0.25, -0.2) is 4.98 Å². The first-order valence-electron chi connectivity index (χ1n) is 11.2. The molecule has 0 aliphatic heterocycles. The lowest BCUT2D eigenvalue weighted by Crippen LogP contribution is -2.30. The van der Waals surface area contributed by atoms with Gasteiger partial charge in [0.25, 0.3) is 11.5 Å². The van der Waals surface area contributed by atoms with Crippen molar-refractivity contribution in [1.82, 2.24) is 14.0 Å². The molecule has 1 amide bonds. The third-order valence-electron chi connectivity index (χ3n) is 5.86. The van der Waals surface area contributed by atoms with Crippen LogP contribution in [0.1, 0.15) is 21.5 Å². The van der Waals surface area contributed by atoms with E-state index in [1.54, 1.807) is 16.8 Å². The van der Waals surface area contributed by atoms with Crippen molar-refractivity contribution in [3.05, 3.63) is 69.1 Å². The average molecular weight is 504 g/mol. The van der Waals surface area contributed by atoms with Crippen LogP contribution in [0.15, 0.2) is 46.3 Å². The Bertz CT molecular complexity index is 1670. The minimum Gasteiger partial charge on any atom is -0.493 e. The molecule has 0 atom stereocenters. The second-order valence-electron chi connectivity index (χ2n) is 8.01. The molecule has 4 aromatic rings. The fourth-order valence-electron chi connectivity index (χ4n) is 4.05. The number of benzene rings is 1. The van der Waals surface area contributed by atoms with Gasteiger partial charge >= 0.3 is 0 Å². The molecule has 3 heterocycles. The van der Waals surface area contributed by atoms with E-state index < -0.39 is 5.91 Å². The maximum Gasteiger partial charge on any atom is 0.279 e. The monoisotopic (exact) mass is 503 g/mol. The van der Waals surface area contributed by atoms with Gasteiger partial charge in [-0.05, 0) is 36.8 Å². The van der Waals surface area contributed by atoms with Crippen LogP contribution < -0.4 is 25.3 Å². The van der Waals surface area contributed by atoms with Gasteiger partial charge < -0.3 is 23.5 Å². The zero-order chi connectivity index (χ0) is 26.7. The van der Waals surface area contributed by atoms with E-state index in [0.29, 0.717) is 11.4 Å². The van der Waals surface area contributed by atoms with E-state index in [2.05, 4.69) is 11.1 Å². The summed E-state index contributed by atoms with van der Waals surface area (Å²) >= 11 is 0. The van der Waals surface area contributed by atoms with Crippen LogP contribution in [-0.4, -0.2) is 54.9 Å². The molecule has 0 aliphatic carbocycles. The Hall–Kier alpha value is -4.69. The number of hydrogen-bond donors (Lipinski definition) is 0. The largest absolute Gasteiger partial charge is 0.493 e. The summed E-state index contributed by atoms with van der Waals surface area (Å²) in [5.74, 6) is 0.230. The maximum absolute atomic E-state index is 13.4. The van der Waals surface area contributed by atoms with Crippen LogP contribution >= 0.6 is 0 Å². The van der Waals surface area contributed by atoms with E-state index in [9.17, 15) is 14.9 Å². The quantitative estimate of drug-likeness (QED) is 0.351. The Morgan fingerprint density at radius 3 is 2.38 bits per heavy atom. The van der Waals surface area contributed by atoms with Crippen molar-refractivity contribution in [2.75, 3.05) is 35.0 Å². The van der Waals surface area contributed by atoms with Crippen LogP contribution in [0.25, 0.3) is 16.7 Å². The molecule has 37 heavy (non-hydrogen) atoms. The molecule has 0 saturated carbocycles. The first-order chi connectivity index (χ1) is 17.9. The first-order valence-corrected chi connectivity index (χ1v) is 11.2. The third kappa shape index (κ3) is 4.50. The molecule has 3 aromatic heterocycles. The molecule has 0 bridgehead atoms. The molecule has 0 N–H and O–H groups in total. The summed E-state index contributed by atoms with van der Waals surface area (Å²) in [6.07, 6.45) is 1.62. The SMILES string of the molecule is COCCn1c(=NC(=O)c2cc(OC)c(OC)c(OC)c2)c(C#N)cc2c(=O)n3cccc(C)c3nc21. The highest BCUT2D eigenvalue weighted by molar-refractivity contribution is 5.96. The van der Waals surface area contributed by atoms with E-state index in [-0.39, 0.29) is 57.9 Å². The number of carbonyl (C=O) groups excluding carboxylic acids is 1. The minimum absolute atomic E-state index is 0.0379.